The fourth-order valence-electron chi connectivity index (χ4n) is 9.41. The van der Waals surface area contributed by atoms with Gasteiger partial charge in [-0.1, -0.05) is 25.0 Å². The van der Waals surface area contributed by atoms with Gasteiger partial charge in [0.15, 0.2) is 0 Å². The van der Waals surface area contributed by atoms with Gasteiger partial charge in [-0.3, -0.25) is 28.8 Å². The zero-order chi connectivity index (χ0) is 38.7. The fraction of sp³-hybridized carbons (Fsp3) is 0.488. The summed E-state index contributed by atoms with van der Waals surface area (Å²) in [4.78, 5) is 69.2. The molecule has 5 aromatic rings. The van der Waals surface area contributed by atoms with Gasteiger partial charge in [-0.2, -0.15) is 4.98 Å². The molecule has 3 saturated heterocycles. The Morgan fingerprint density at radius 2 is 1.77 bits per heavy atom. The van der Waals surface area contributed by atoms with Crippen molar-refractivity contribution in [3.63, 3.8) is 0 Å². The summed E-state index contributed by atoms with van der Waals surface area (Å²) >= 11 is 0. The van der Waals surface area contributed by atoms with Crippen LogP contribution < -0.4 is 21.2 Å². The molecule has 3 amide bonds. The third kappa shape index (κ3) is 6.31. The van der Waals surface area contributed by atoms with Gasteiger partial charge in [0.1, 0.15) is 23.2 Å². The number of para-hydroxylation sites is 1. The third-order valence-electron chi connectivity index (χ3n) is 12.5. The van der Waals surface area contributed by atoms with E-state index < -0.39 is 11.9 Å². The van der Waals surface area contributed by atoms with E-state index in [2.05, 4.69) is 31.2 Å². The predicted molar refractivity (Wildman–Crippen MR) is 211 cm³/mol. The van der Waals surface area contributed by atoms with Crippen molar-refractivity contribution in [1.82, 2.24) is 38.9 Å². The van der Waals surface area contributed by atoms with Gasteiger partial charge in [-0.25, -0.2) is 14.8 Å². The Bertz CT molecular complexity index is 2390. The molecule has 15 heteroatoms. The summed E-state index contributed by atoms with van der Waals surface area (Å²) in [5.41, 5.74) is 4.56. The van der Waals surface area contributed by atoms with E-state index in [0.717, 1.165) is 92.3 Å². The predicted octanol–water partition coefficient (Wildman–Crippen LogP) is 4.95. The molecule has 7 heterocycles. The summed E-state index contributed by atoms with van der Waals surface area (Å²) in [5.74, 6) is 0.567. The minimum absolute atomic E-state index is 0.0341. The van der Waals surface area contributed by atoms with Gasteiger partial charge in [0, 0.05) is 70.4 Å². The van der Waals surface area contributed by atoms with Crippen molar-refractivity contribution in [1.29, 1.82) is 0 Å². The fourth-order valence-corrected chi connectivity index (χ4v) is 9.41. The van der Waals surface area contributed by atoms with Gasteiger partial charge in [0.05, 0.1) is 28.9 Å². The third-order valence-corrected chi connectivity index (χ3v) is 12.5. The highest BCUT2D eigenvalue weighted by Crippen LogP contribution is 2.42. The number of fused-ring (bicyclic) bond motifs is 2. The summed E-state index contributed by atoms with van der Waals surface area (Å²) < 4.78 is 12.0. The number of benzene rings is 1. The first-order valence-electron chi connectivity index (χ1n) is 19.8. The normalized spacial score (nSPS) is 21.6. The molecular formula is C41H48N10O5. The van der Waals surface area contributed by atoms with E-state index in [0.29, 0.717) is 36.0 Å². The number of anilines is 3. The SMILES string of the molecule is CN(C)C(=O)c1cc2cnc(Nc3ccc([C@H]4CCC5(CCN(c6cccc7c6n(C)c(=O)n7[C@H]6CCC(=O)NC6=O)CC5)OC4)cn3)nc2n1C1CCCC1. The van der Waals surface area contributed by atoms with E-state index in [1.807, 2.05) is 36.5 Å². The highest BCUT2D eigenvalue weighted by atomic mass is 16.5. The first-order chi connectivity index (χ1) is 27.1. The lowest BCUT2D eigenvalue weighted by Crippen LogP contribution is -2.48. The van der Waals surface area contributed by atoms with Crippen LogP contribution in [0.1, 0.15) is 98.3 Å². The summed E-state index contributed by atoms with van der Waals surface area (Å²) in [5, 5.41) is 6.52. The van der Waals surface area contributed by atoms with E-state index in [-0.39, 0.29) is 41.5 Å². The molecule has 0 bridgehead atoms. The Morgan fingerprint density at radius 1 is 0.964 bits per heavy atom. The molecule has 1 aliphatic carbocycles. The number of piperidine rings is 2. The molecule has 4 aromatic heterocycles. The molecule has 56 heavy (non-hydrogen) atoms. The van der Waals surface area contributed by atoms with Crippen LogP contribution in [0.15, 0.2) is 53.6 Å². The molecule has 15 nitrogen and oxygen atoms in total. The van der Waals surface area contributed by atoms with E-state index in [4.69, 9.17) is 14.7 Å². The molecule has 2 N–H and O–H groups in total. The summed E-state index contributed by atoms with van der Waals surface area (Å²) in [7, 11) is 5.30. The van der Waals surface area contributed by atoms with Gasteiger partial charge < -0.3 is 24.4 Å². The van der Waals surface area contributed by atoms with Crippen LogP contribution in [0.4, 0.5) is 17.5 Å². The number of hydrogen-bond acceptors (Lipinski definition) is 10. The lowest BCUT2D eigenvalue weighted by atomic mass is 9.80. The Morgan fingerprint density at radius 3 is 2.46 bits per heavy atom. The molecule has 0 radical (unpaired) electrons. The summed E-state index contributed by atoms with van der Waals surface area (Å²) in [6.45, 7) is 2.20. The summed E-state index contributed by atoms with van der Waals surface area (Å²) in [6, 6.07) is 11.4. The Balaban J connectivity index is 0.845. The first kappa shape index (κ1) is 36.1. The number of carbonyl (C=O) groups excluding carboxylic acids is 3. The second-order valence-corrected chi connectivity index (χ2v) is 16.2. The Hall–Kier alpha value is -5.57. The number of nitrogens with one attached hydrogen (secondary N) is 2. The van der Waals surface area contributed by atoms with Crippen molar-refractivity contribution in [3.8, 4) is 0 Å². The largest absolute Gasteiger partial charge is 0.374 e. The maximum Gasteiger partial charge on any atom is 0.329 e. The molecule has 1 aromatic carbocycles. The molecule has 0 unspecified atom stereocenters. The minimum atomic E-state index is -0.713. The number of amides is 3. The van der Waals surface area contributed by atoms with E-state index >= 15 is 0 Å². The number of aryl methyl sites for hydroxylation is 1. The number of rotatable bonds is 7. The van der Waals surface area contributed by atoms with Gasteiger partial charge in [-0.15, -0.1) is 0 Å². The maximum absolute atomic E-state index is 13.5. The second-order valence-electron chi connectivity index (χ2n) is 16.2. The van der Waals surface area contributed by atoms with Crippen molar-refractivity contribution in [2.75, 3.05) is 44.0 Å². The minimum Gasteiger partial charge on any atom is -0.374 e. The lowest BCUT2D eigenvalue weighted by molar-refractivity contribution is -0.135. The van der Waals surface area contributed by atoms with Crippen molar-refractivity contribution < 1.29 is 19.1 Å². The lowest BCUT2D eigenvalue weighted by Gasteiger charge is -2.46. The second kappa shape index (κ2) is 14.2. The number of aromatic nitrogens is 6. The van der Waals surface area contributed by atoms with Crippen molar-refractivity contribution in [2.45, 2.75) is 87.8 Å². The van der Waals surface area contributed by atoms with Crippen molar-refractivity contribution in [2.24, 2.45) is 7.05 Å². The molecule has 292 valence electrons. The van der Waals surface area contributed by atoms with Gasteiger partial charge in [-0.05, 0) is 74.8 Å². The Kier molecular flexibility index (Phi) is 9.14. The van der Waals surface area contributed by atoms with E-state index in [1.54, 1.807) is 41.4 Å². The van der Waals surface area contributed by atoms with Gasteiger partial charge in [0.2, 0.25) is 17.8 Å². The van der Waals surface area contributed by atoms with Crippen molar-refractivity contribution >= 4 is 57.2 Å². The Labute approximate surface area is 324 Å². The number of ether oxygens (including phenoxy) is 1. The number of nitrogens with zero attached hydrogens (tertiary/aromatic N) is 8. The molecule has 2 atom stereocenters. The zero-order valence-electron chi connectivity index (χ0n) is 32.2. The topological polar surface area (TPSA) is 162 Å². The van der Waals surface area contributed by atoms with Crippen LogP contribution in [0, 0.1) is 0 Å². The smallest absolute Gasteiger partial charge is 0.329 e. The highest BCUT2D eigenvalue weighted by Gasteiger charge is 2.40. The summed E-state index contributed by atoms with van der Waals surface area (Å²) in [6.07, 6.45) is 12.3. The number of hydrogen-bond donors (Lipinski definition) is 2. The number of imidazole rings is 1. The van der Waals surface area contributed by atoms with E-state index in [1.165, 1.54) is 0 Å². The quantitative estimate of drug-likeness (QED) is 0.217. The number of carbonyl (C=O) groups is 3. The van der Waals surface area contributed by atoms with Crippen LogP contribution >= 0.6 is 0 Å². The molecule has 4 fully saturated rings. The monoisotopic (exact) mass is 760 g/mol. The number of imide groups is 1. The average Bonchev–Trinajstić information content (AvgIpc) is 3.93. The standard InChI is InChI=1S/C41H48N10O5/c1-47(2)38(54)32-21-27-23-43-39(46-36(27)50(32)28-7-4-5-8-28)44-33-13-11-25(22-42-33)26-15-16-41(56-24-26)17-19-49(20-18-41)29-9-6-10-30-35(29)48(3)40(55)51(30)31-12-14-34(52)45-37(31)53/h6,9-11,13,21-23,26,28,31H,4-5,7-8,12,14-20,24H2,1-3H3,(H,45,52,53)(H,42,43,44,46)/t26-,31-/m0/s1. The first-order valence-corrected chi connectivity index (χ1v) is 19.8. The zero-order valence-corrected chi connectivity index (χ0v) is 32.2. The van der Waals surface area contributed by atoms with Crippen LogP contribution in [0.5, 0.6) is 0 Å². The van der Waals surface area contributed by atoms with Gasteiger partial charge >= 0.3 is 5.69 Å². The average molecular weight is 761 g/mol. The molecule has 9 rings (SSSR count). The van der Waals surface area contributed by atoms with Crippen molar-refractivity contribution in [3.05, 3.63) is 70.5 Å². The molecule has 3 aliphatic heterocycles. The maximum atomic E-state index is 13.5. The van der Waals surface area contributed by atoms with Crippen LogP contribution in [0.3, 0.4) is 0 Å². The highest BCUT2D eigenvalue weighted by molar-refractivity contribution is 6.01. The number of pyridine rings is 1. The molecular weight excluding hydrogens is 713 g/mol. The van der Waals surface area contributed by atoms with Crippen LogP contribution in [-0.2, 0) is 21.4 Å². The van der Waals surface area contributed by atoms with Crippen LogP contribution in [0.2, 0.25) is 0 Å². The van der Waals surface area contributed by atoms with E-state index in [9.17, 15) is 19.2 Å². The van der Waals surface area contributed by atoms with Crippen LogP contribution in [-0.4, -0.2) is 90.7 Å². The molecule has 1 saturated carbocycles. The molecule has 1 spiro atoms. The molecule has 4 aliphatic rings. The van der Waals surface area contributed by atoms with Crippen LogP contribution in [0.25, 0.3) is 22.1 Å². The van der Waals surface area contributed by atoms with Gasteiger partial charge in [0.25, 0.3) is 5.91 Å².